The van der Waals surface area contributed by atoms with Crippen LogP contribution in [0.4, 0.5) is 0 Å². The highest BCUT2D eigenvalue weighted by Crippen LogP contribution is 1.79. The van der Waals surface area contributed by atoms with Crippen molar-refractivity contribution in [1.29, 1.82) is 0 Å². The molecule has 0 aliphatic rings. The minimum absolute atomic E-state index is 0.917. The maximum atomic E-state index is 4.98. The summed E-state index contributed by atoms with van der Waals surface area (Å²) in [5, 5.41) is 0. The first-order valence-electron chi connectivity index (χ1n) is 1.73. The first-order chi connectivity index (χ1) is 2.41. The largest absolute Gasteiger partial charge is 0.0843 e. The summed E-state index contributed by atoms with van der Waals surface area (Å²) in [7, 11) is 0. The Morgan fingerprint density at radius 3 is 2.40 bits per heavy atom. The lowest BCUT2D eigenvalue weighted by Gasteiger charge is -1.72. The molecule has 0 heteroatoms. The molecular formula is C5H8. The number of unbranched alkanes of at least 4 members (excludes halogenated alkanes) is 1. The first kappa shape index (κ1) is 4.74. The van der Waals surface area contributed by atoms with Gasteiger partial charge in [-0.3, -0.25) is 0 Å². The topological polar surface area (TPSA) is 0 Å². The molecule has 0 saturated heterocycles. The number of rotatable bonds is 2. The van der Waals surface area contributed by atoms with E-state index in [4.69, 9.17) is 6.58 Å². The zero-order chi connectivity index (χ0) is 4.12. The molecule has 0 aliphatic carbocycles. The van der Waals surface area contributed by atoms with Gasteiger partial charge in [0.15, 0.2) is 0 Å². The molecule has 2 radical (unpaired) electrons. The first-order valence-corrected chi connectivity index (χ1v) is 1.73. The maximum absolute atomic E-state index is 4.98. The molecular weight excluding hydrogens is 60.1 g/mol. The Morgan fingerprint density at radius 2 is 2.40 bits per heavy atom. The van der Waals surface area contributed by atoms with E-state index >= 15 is 0 Å². The van der Waals surface area contributed by atoms with Crippen LogP contribution in [-0.4, -0.2) is 0 Å². The molecule has 0 saturated carbocycles. The van der Waals surface area contributed by atoms with Crippen molar-refractivity contribution in [2.45, 2.75) is 13.3 Å². The highest BCUT2D eigenvalue weighted by Gasteiger charge is 1.62. The number of hydrogen-bond acceptors (Lipinski definition) is 0. The van der Waals surface area contributed by atoms with Gasteiger partial charge >= 0.3 is 0 Å². The van der Waals surface area contributed by atoms with E-state index in [0.29, 0.717) is 0 Å². The highest BCUT2D eigenvalue weighted by molar-refractivity contribution is 4.70. The molecule has 0 aromatic carbocycles. The second-order valence-electron chi connectivity index (χ2n) is 0.880. The van der Waals surface area contributed by atoms with E-state index in [2.05, 4.69) is 0 Å². The summed E-state index contributed by atoms with van der Waals surface area (Å²) >= 11 is 0. The average Bonchev–Trinajstić information content (AvgIpc) is 1.41. The van der Waals surface area contributed by atoms with Crippen molar-refractivity contribution in [1.82, 2.24) is 0 Å². The fourth-order valence-electron chi connectivity index (χ4n) is 0.136. The van der Waals surface area contributed by atoms with E-state index in [1.54, 1.807) is 6.08 Å². The SMILES string of the molecule is [CH]=CC[CH]C. The molecule has 0 atom stereocenters. The molecule has 0 spiro atoms. The van der Waals surface area contributed by atoms with Crippen LogP contribution < -0.4 is 0 Å². The highest BCUT2D eigenvalue weighted by atomic mass is 13.7. The molecule has 0 aliphatic heterocycles. The third-order valence-corrected chi connectivity index (χ3v) is 0.372. The summed E-state index contributed by atoms with van der Waals surface area (Å²) in [6.45, 7) is 6.96. The lowest BCUT2D eigenvalue weighted by atomic mass is 10.3. The van der Waals surface area contributed by atoms with Gasteiger partial charge in [0.25, 0.3) is 0 Å². The zero-order valence-corrected chi connectivity index (χ0v) is 3.44. The molecule has 0 heterocycles. The van der Waals surface area contributed by atoms with Crippen molar-refractivity contribution in [2.75, 3.05) is 0 Å². The van der Waals surface area contributed by atoms with Gasteiger partial charge in [-0.05, 0) is 12.8 Å². The minimum Gasteiger partial charge on any atom is -0.0843 e. The van der Waals surface area contributed by atoms with Gasteiger partial charge in [-0.15, -0.1) is 0 Å². The maximum Gasteiger partial charge on any atom is -0.0319 e. The third-order valence-electron chi connectivity index (χ3n) is 0.372. The molecule has 0 aromatic heterocycles. The van der Waals surface area contributed by atoms with Gasteiger partial charge in [0.2, 0.25) is 0 Å². The van der Waals surface area contributed by atoms with Crippen molar-refractivity contribution in [3.63, 3.8) is 0 Å². The Hall–Kier alpha value is -0.260. The van der Waals surface area contributed by atoms with E-state index in [9.17, 15) is 0 Å². The van der Waals surface area contributed by atoms with E-state index in [1.165, 1.54) is 0 Å². The molecule has 0 bridgehead atoms. The Balaban J connectivity index is 2.40. The van der Waals surface area contributed by atoms with E-state index in [1.807, 2.05) is 13.3 Å². The predicted octanol–water partition coefficient (Wildman–Crippen LogP) is 1.59. The molecule has 0 aromatic rings. The van der Waals surface area contributed by atoms with E-state index in [0.717, 1.165) is 6.42 Å². The van der Waals surface area contributed by atoms with Crippen molar-refractivity contribution in [3.05, 3.63) is 19.1 Å². The van der Waals surface area contributed by atoms with Gasteiger partial charge in [-0.2, -0.15) is 0 Å². The Labute approximate surface area is 33.5 Å². The molecule has 0 rings (SSSR count). The lowest BCUT2D eigenvalue weighted by Crippen LogP contribution is -1.54. The summed E-state index contributed by atoms with van der Waals surface area (Å²) in [5.74, 6) is 0. The molecule has 0 amide bonds. The van der Waals surface area contributed by atoms with Crippen molar-refractivity contribution < 1.29 is 0 Å². The Kier molecular flexibility index (Phi) is 3.55. The lowest BCUT2D eigenvalue weighted by molar-refractivity contribution is 1.22. The zero-order valence-electron chi connectivity index (χ0n) is 3.44. The van der Waals surface area contributed by atoms with Crippen molar-refractivity contribution in [3.8, 4) is 0 Å². The van der Waals surface area contributed by atoms with Gasteiger partial charge in [0.05, 0.1) is 0 Å². The summed E-state index contributed by atoms with van der Waals surface area (Å²) < 4.78 is 0. The van der Waals surface area contributed by atoms with Crippen LogP contribution >= 0.6 is 0 Å². The van der Waals surface area contributed by atoms with Gasteiger partial charge in [0, 0.05) is 0 Å². The summed E-state index contributed by atoms with van der Waals surface area (Å²) in [5.41, 5.74) is 0. The van der Waals surface area contributed by atoms with Crippen LogP contribution in [0.5, 0.6) is 0 Å². The number of hydrogen-bond donors (Lipinski definition) is 0. The molecule has 0 unspecified atom stereocenters. The number of allylic oxidation sites excluding steroid dienone is 1. The summed E-state index contributed by atoms with van der Waals surface area (Å²) in [6, 6.07) is 0. The monoisotopic (exact) mass is 68.1 g/mol. The van der Waals surface area contributed by atoms with Crippen molar-refractivity contribution in [2.24, 2.45) is 0 Å². The predicted molar refractivity (Wildman–Crippen MR) is 23.5 cm³/mol. The summed E-state index contributed by atoms with van der Waals surface area (Å²) in [4.78, 5) is 0. The fourth-order valence-corrected chi connectivity index (χ4v) is 0.136. The van der Waals surface area contributed by atoms with Gasteiger partial charge in [-0.1, -0.05) is 19.6 Å². The van der Waals surface area contributed by atoms with Crippen LogP contribution in [-0.2, 0) is 0 Å². The van der Waals surface area contributed by atoms with Crippen LogP contribution in [0.1, 0.15) is 13.3 Å². The fraction of sp³-hybridized carbons (Fsp3) is 0.400. The smallest absolute Gasteiger partial charge is 0.0319 e. The third kappa shape index (κ3) is 3.74. The van der Waals surface area contributed by atoms with Crippen LogP contribution in [0.25, 0.3) is 0 Å². The standard InChI is InChI=1S/C5H8/c1-3-5-4-2/h1,3-4H,5H2,2H3. The quantitative estimate of drug-likeness (QED) is 0.461. The second-order valence-corrected chi connectivity index (χ2v) is 0.880. The Morgan fingerprint density at radius 1 is 1.80 bits per heavy atom. The Bertz CT molecular complexity index is 21.2. The van der Waals surface area contributed by atoms with E-state index in [-0.39, 0.29) is 0 Å². The van der Waals surface area contributed by atoms with Crippen LogP contribution in [0.3, 0.4) is 0 Å². The molecule has 0 N–H and O–H groups in total. The van der Waals surface area contributed by atoms with Gasteiger partial charge in [-0.25, -0.2) is 0 Å². The van der Waals surface area contributed by atoms with E-state index < -0.39 is 0 Å². The molecule has 5 heavy (non-hydrogen) atoms. The molecule has 0 nitrogen and oxygen atoms in total. The van der Waals surface area contributed by atoms with Crippen LogP contribution in [0.15, 0.2) is 6.08 Å². The molecule has 28 valence electrons. The summed E-state index contributed by atoms with van der Waals surface area (Å²) in [6.07, 6.45) is 4.54. The van der Waals surface area contributed by atoms with Gasteiger partial charge < -0.3 is 0 Å². The van der Waals surface area contributed by atoms with Gasteiger partial charge in [0.1, 0.15) is 0 Å². The van der Waals surface area contributed by atoms with Crippen molar-refractivity contribution >= 4 is 0 Å². The second kappa shape index (κ2) is 3.74. The normalized spacial score (nSPS) is 7.40. The van der Waals surface area contributed by atoms with Crippen LogP contribution in [0.2, 0.25) is 0 Å². The van der Waals surface area contributed by atoms with Crippen LogP contribution in [0, 0.1) is 13.0 Å². The minimum atomic E-state index is 0.917. The average molecular weight is 68.1 g/mol. The molecule has 0 fully saturated rings.